The van der Waals surface area contributed by atoms with Crippen LogP contribution in [0, 0.1) is 13.8 Å². The van der Waals surface area contributed by atoms with Crippen LogP contribution in [0.1, 0.15) is 46.8 Å². The topological polar surface area (TPSA) is 77.6 Å². The molecular formula is C23H26N2O4. The maximum atomic E-state index is 10.1. The standard InChI is InChI=1S/C23H26N2O4/c1-14-9-15(2)11-17(10-14)23(7-8-23)22-24-20(29-25-22)6-5-16-12-18(27-3)21(26)19(13-16)28-4/h9-13,26H,5-8H2,1-4H3. The van der Waals surface area contributed by atoms with Crippen molar-refractivity contribution in [3.8, 4) is 17.2 Å². The van der Waals surface area contributed by atoms with Crippen molar-refractivity contribution in [3.63, 3.8) is 0 Å². The molecule has 1 N–H and O–H groups in total. The van der Waals surface area contributed by atoms with E-state index in [9.17, 15) is 5.11 Å². The van der Waals surface area contributed by atoms with Gasteiger partial charge in [-0.2, -0.15) is 4.98 Å². The maximum absolute atomic E-state index is 10.1. The molecule has 0 aliphatic heterocycles. The number of aromatic nitrogens is 2. The second-order valence-corrected chi connectivity index (χ2v) is 7.82. The molecule has 1 aliphatic carbocycles. The van der Waals surface area contributed by atoms with Gasteiger partial charge in [-0.1, -0.05) is 34.5 Å². The Morgan fingerprint density at radius 1 is 0.966 bits per heavy atom. The molecular weight excluding hydrogens is 368 g/mol. The van der Waals surface area contributed by atoms with Gasteiger partial charge in [0.15, 0.2) is 17.3 Å². The summed E-state index contributed by atoms with van der Waals surface area (Å²) < 4.78 is 16.0. The molecule has 1 saturated carbocycles. The lowest BCUT2D eigenvalue weighted by Gasteiger charge is -2.13. The number of aryl methyl sites for hydroxylation is 4. The number of hydrogen-bond acceptors (Lipinski definition) is 6. The highest BCUT2D eigenvalue weighted by Crippen LogP contribution is 2.52. The van der Waals surface area contributed by atoms with Crippen molar-refractivity contribution in [1.82, 2.24) is 10.1 Å². The molecule has 2 aromatic carbocycles. The van der Waals surface area contributed by atoms with Crippen molar-refractivity contribution in [2.75, 3.05) is 14.2 Å². The zero-order chi connectivity index (χ0) is 20.6. The lowest BCUT2D eigenvalue weighted by Crippen LogP contribution is -2.11. The molecule has 4 rings (SSSR count). The summed E-state index contributed by atoms with van der Waals surface area (Å²) in [7, 11) is 3.04. The quantitative estimate of drug-likeness (QED) is 0.645. The minimum absolute atomic E-state index is 0.00273. The third-order valence-corrected chi connectivity index (χ3v) is 5.59. The Bertz CT molecular complexity index is 992. The van der Waals surface area contributed by atoms with Crippen LogP contribution in [0.4, 0.5) is 0 Å². The fraction of sp³-hybridized carbons (Fsp3) is 0.391. The van der Waals surface area contributed by atoms with Crippen LogP contribution >= 0.6 is 0 Å². The molecule has 1 aromatic heterocycles. The van der Waals surface area contributed by atoms with Crippen LogP contribution in [0.5, 0.6) is 17.2 Å². The molecule has 29 heavy (non-hydrogen) atoms. The summed E-state index contributed by atoms with van der Waals surface area (Å²) in [6.07, 6.45) is 3.36. The van der Waals surface area contributed by atoms with Crippen LogP contribution < -0.4 is 9.47 Å². The van der Waals surface area contributed by atoms with E-state index in [1.165, 1.54) is 30.9 Å². The SMILES string of the molecule is COc1cc(CCc2nc(C3(c4cc(C)cc(C)c4)CC3)no2)cc(OC)c1O. The van der Waals surface area contributed by atoms with Gasteiger partial charge in [-0.15, -0.1) is 0 Å². The summed E-state index contributed by atoms with van der Waals surface area (Å²) in [6.45, 7) is 4.24. The fourth-order valence-electron chi connectivity index (χ4n) is 3.91. The van der Waals surface area contributed by atoms with Crippen LogP contribution in [-0.2, 0) is 18.3 Å². The smallest absolute Gasteiger partial charge is 0.227 e. The number of aromatic hydroxyl groups is 1. The van der Waals surface area contributed by atoms with Crippen LogP contribution in [0.2, 0.25) is 0 Å². The van der Waals surface area contributed by atoms with Gasteiger partial charge in [-0.3, -0.25) is 0 Å². The highest BCUT2D eigenvalue weighted by molar-refractivity contribution is 5.52. The first-order chi connectivity index (χ1) is 13.9. The Kier molecular flexibility index (Phi) is 4.94. The molecule has 3 aromatic rings. The maximum Gasteiger partial charge on any atom is 0.227 e. The van der Waals surface area contributed by atoms with E-state index in [0.717, 1.165) is 24.2 Å². The Morgan fingerprint density at radius 2 is 1.59 bits per heavy atom. The summed E-state index contributed by atoms with van der Waals surface area (Å²) in [5.41, 5.74) is 4.64. The van der Waals surface area contributed by atoms with Crippen molar-refractivity contribution < 1.29 is 19.1 Å². The molecule has 0 bridgehead atoms. The molecule has 0 saturated heterocycles. The van der Waals surface area contributed by atoms with E-state index in [0.29, 0.717) is 30.2 Å². The highest BCUT2D eigenvalue weighted by atomic mass is 16.5. The summed E-state index contributed by atoms with van der Waals surface area (Å²) in [6, 6.07) is 10.2. The monoisotopic (exact) mass is 394 g/mol. The third-order valence-electron chi connectivity index (χ3n) is 5.59. The number of benzene rings is 2. The molecule has 6 nitrogen and oxygen atoms in total. The third kappa shape index (κ3) is 3.67. The first kappa shape index (κ1) is 19.3. The molecule has 0 amide bonds. The average Bonchev–Trinajstić information content (AvgIpc) is 3.38. The Balaban J connectivity index is 1.52. The van der Waals surface area contributed by atoms with Crippen molar-refractivity contribution in [1.29, 1.82) is 0 Å². The summed E-state index contributed by atoms with van der Waals surface area (Å²) in [5.74, 6) is 2.16. The van der Waals surface area contributed by atoms with E-state index in [1.807, 2.05) is 0 Å². The van der Waals surface area contributed by atoms with Gasteiger partial charge in [-0.05, 0) is 56.4 Å². The van der Waals surface area contributed by atoms with Gasteiger partial charge in [0.05, 0.1) is 19.6 Å². The van der Waals surface area contributed by atoms with Crippen LogP contribution in [0.25, 0.3) is 0 Å². The van der Waals surface area contributed by atoms with E-state index in [4.69, 9.17) is 19.0 Å². The van der Waals surface area contributed by atoms with E-state index in [2.05, 4.69) is 37.2 Å². The van der Waals surface area contributed by atoms with E-state index in [1.54, 1.807) is 12.1 Å². The minimum atomic E-state index is -0.108. The van der Waals surface area contributed by atoms with Crippen LogP contribution in [0.15, 0.2) is 34.9 Å². The predicted octanol–water partition coefficient (Wildman–Crippen LogP) is 4.27. The van der Waals surface area contributed by atoms with Crippen molar-refractivity contribution in [3.05, 3.63) is 64.3 Å². The average molecular weight is 394 g/mol. The highest BCUT2D eigenvalue weighted by Gasteiger charge is 2.50. The van der Waals surface area contributed by atoms with Crippen molar-refractivity contribution in [2.24, 2.45) is 0 Å². The zero-order valence-electron chi connectivity index (χ0n) is 17.3. The van der Waals surface area contributed by atoms with Gasteiger partial charge in [0, 0.05) is 6.42 Å². The summed E-state index contributed by atoms with van der Waals surface area (Å²) in [5, 5.41) is 14.4. The van der Waals surface area contributed by atoms with E-state index >= 15 is 0 Å². The molecule has 1 fully saturated rings. The number of nitrogens with zero attached hydrogens (tertiary/aromatic N) is 2. The van der Waals surface area contributed by atoms with Crippen LogP contribution in [-0.4, -0.2) is 29.5 Å². The number of hydrogen-bond donors (Lipinski definition) is 1. The molecule has 0 unspecified atom stereocenters. The molecule has 1 heterocycles. The van der Waals surface area contributed by atoms with E-state index in [-0.39, 0.29) is 11.2 Å². The van der Waals surface area contributed by atoms with Gasteiger partial charge < -0.3 is 19.1 Å². The van der Waals surface area contributed by atoms with Gasteiger partial charge in [0.25, 0.3) is 0 Å². The molecule has 0 radical (unpaired) electrons. The first-order valence-electron chi connectivity index (χ1n) is 9.81. The van der Waals surface area contributed by atoms with Gasteiger partial charge in [0.2, 0.25) is 11.6 Å². The van der Waals surface area contributed by atoms with Crippen LogP contribution in [0.3, 0.4) is 0 Å². The van der Waals surface area contributed by atoms with Crippen molar-refractivity contribution in [2.45, 2.75) is 44.9 Å². The predicted molar refractivity (Wildman–Crippen MR) is 109 cm³/mol. The number of phenols is 1. The van der Waals surface area contributed by atoms with Gasteiger partial charge >= 0.3 is 0 Å². The second-order valence-electron chi connectivity index (χ2n) is 7.82. The Hall–Kier alpha value is -3.02. The van der Waals surface area contributed by atoms with Gasteiger partial charge in [0.1, 0.15) is 0 Å². The minimum Gasteiger partial charge on any atom is -0.502 e. The van der Waals surface area contributed by atoms with E-state index < -0.39 is 0 Å². The number of rotatable bonds is 7. The number of phenolic OH excluding ortho intramolecular Hbond substituents is 1. The number of methoxy groups -OCH3 is 2. The summed E-state index contributed by atoms with van der Waals surface area (Å²) >= 11 is 0. The molecule has 6 heteroatoms. The largest absolute Gasteiger partial charge is 0.502 e. The van der Waals surface area contributed by atoms with Crippen molar-refractivity contribution >= 4 is 0 Å². The molecule has 0 spiro atoms. The molecule has 1 aliphatic rings. The Labute approximate surface area is 170 Å². The molecule has 152 valence electrons. The molecule has 0 atom stereocenters. The fourth-order valence-corrected chi connectivity index (χ4v) is 3.91. The normalized spacial score (nSPS) is 14.6. The lowest BCUT2D eigenvalue weighted by molar-refractivity contribution is 0.339. The first-order valence-corrected chi connectivity index (χ1v) is 9.81. The van der Waals surface area contributed by atoms with Gasteiger partial charge in [-0.25, -0.2) is 0 Å². The lowest BCUT2D eigenvalue weighted by atomic mass is 9.92. The second kappa shape index (κ2) is 7.43. The Morgan fingerprint density at radius 3 is 2.14 bits per heavy atom. The number of ether oxygens (including phenoxy) is 2. The zero-order valence-corrected chi connectivity index (χ0v) is 17.3. The summed E-state index contributed by atoms with van der Waals surface area (Å²) in [4.78, 5) is 4.71.